The molecule has 31 heavy (non-hydrogen) atoms. The standard InChI is InChI=1S/C22H28FN5O3/c1-15(29)27(3)13-21-25-19(11-20(24-2)26-21)16-5-4-10-28(12-16)22(30)14-31-18-8-6-17(23)7-9-18/h6-9,11,16H,4-5,10,12-14H2,1-3H3,(H,24,25,26)/t16-/m0/s1. The van der Waals surface area contributed by atoms with Crippen LogP contribution in [0.4, 0.5) is 10.2 Å². The molecule has 0 spiro atoms. The van der Waals surface area contributed by atoms with Crippen LogP contribution in [0.5, 0.6) is 5.75 Å². The van der Waals surface area contributed by atoms with Gasteiger partial charge in [-0.1, -0.05) is 0 Å². The first-order valence-electron chi connectivity index (χ1n) is 10.3. The Labute approximate surface area is 181 Å². The third kappa shape index (κ3) is 6.13. The second-order valence-corrected chi connectivity index (χ2v) is 7.64. The van der Waals surface area contributed by atoms with Gasteiger partial charge in [0.25, 0.3) is 5.91 Å². The topological polar surface area (TPSA) is 87.7 Å². The van der Waals surface area contributed by atoms with Crippen molar-refractivity contribution in [2.24, 2.45) is 0 Å². The molecule has 1 N–H and O–H groups in total. The van der Waals surface area contributed by atoms with Gasteiger partial charge in [-0.3, -0.25) is 9.59 Å². The summed E-state index contributed by atoms with van der Waals surface area (Å²) in [6.07, 6.45) is 1.76. The van der Waals surface area contributed by atoms with E-state index in [0.29, 0.717) is 37.0 Å². The summed E-state index contributed by atoms with van der Waals surface area (Å²) in [4.78, 5) is 36.7. The normalized spacial score (nSPS) is 16.0. The molecule has 0 unspecified atom stereocenters. The first-order chi connectivity index (χ1) is 14.9. The van der Waals surface area contributed by atoms with Crippen LogP contribution in [0.3, 0.4) is 0 Å². The fraction of sp³-hybridized carbons (Fsp3) is 0.455. The van der Waals surface area contributed by atoms with Gasteiger partial charge in [-0.05, 0) is 37.1 Å². The van der Waals surface area contributed by atoms with Gasteiger partial charge < -0.3 is 19.9 Å². The Balaban J connectivity index is 1.66. The van der Waals surface area contributed by atoms with Gasteiger partial charge in [0.1, 0.15) is 23.2 Å². The van der Waals surface area contributed by atoms with E-state index in [1.165, 1.54) is 31.2 Å². The predicted molar refractivity (Wildman–Crippen MR) is 114 cm³/mol. The number of amides is 2. The maximum atomic E-state index is 13.0. The number of carbonyl (C=O) groups excluding carboxylic acids is 2. The van der Waals surface area contributed by atoms with Gasteiger partial charge in [-0.25, -0.2) is 14.4 Å². The van der Waals surface area contributed by atoms with Gasteiger partial charge in [-0.2, -0.15) is 0 Å². The average Bonchev–Trinajstić information content (AvgIpc) is 2.78. The van der Waals surface area contributed by atoms with E-state index in [1.807, 2.05) is 6.07 Å². The zero-order chi connectivity index (χ0) is 22.4. The Bertz CT molecular complexity index is 922. The maximum Gasteiger partial charge on any atom is 0.260 e. The minimum atomic E-state index is -0.350. The first kappa shape index (κ1) is 22.5. The number of halogens is 1. The highest BCUT2D eigenvalue weighted by atomic mass is 19.1. The van der Waals surface area contributed by atoms with Gasteiger partial charge in [0.05, 0.1) is 12.2 Å². The first-order valence-corrected chi connectivity index (χ1v) is 10.3. The van der Waals surface area contributed by atoms with Crippen LogP contribution in [0.25, 0.3) is 0 Å². The van der Waals surface area contributed by atoms with Crippen molar-refractivity contribution in [3.63, 3.8) is 0 Å². The fourth-order valence-electron chi connectivity index (χ4n) is 3.46. The quantitative estimate of drug-likeness (QED) is 0.727. The lowest BCUT2D eigenvalue weighted by atomic mass is 9.94. The lowest BCUT2D eigenvalue weighted by molar-refractivity contribution is -0.134. The van der Waals surface area contributed by atoms with Crippen molar-refractivity contribution < 1.29 is 18.7 Å². The average molecular weight is 429 g/mol. The highest BCUT2D eigenvalue weighted by Gasteiger charge is 2.27. The van der Waals surface area contributed by atoms with Crippen LogP contribution in [0, 0.1) is 5.82 Å². The summed E-state index contributed by atoms with van der Waals surface area (Å²) in [5.74, 6) is 1.24. The lowest BCUT2D eigenvalue weighted by Gasteiger charge is -2.32. The van der Waals surface area contributed by atoms with Crippen molar-refractivity contribution in [1.29, 1.82) is 0 Å². The van der Waals surface area contributed by atoms with Gasteiger partial charge in [-0.15, -0.1) is 0 Å². The number of piperidine rings is 1. The molecule has 0 bridgehead atoms. The van der Waals surface area contributed by atoms with Crippen molar-refractivity contribution in [2.45, 2.75) is 32.2 Å². The number of aromatic nitrogens is 2. The molecule has 2 amide bonds. The van der Waals surface area contributed by atoms with E-state index < -0.39 is 0 Å². The van der Waals surface area contributed by atoms with Crippen LogP contribution in [0.1, 0.15) is 37.2 Å². The zero-order valence-corrected chi connectivity index (χ0v) is 18.1. The number of hydrogen-bond donors (Lipinski definition) is 1. The van der Waals surface area contributed by atoms with Crippen LogP contribution in [-0.2, 0) is 16.1 Å². The molecule has 1 atom stereocenters. The van der Waals surface area contributed by atoms with Crippen LogP contribution in [0.15, 0.2) is 30.3 Å². The third-order valence-corrected chi connectivity index (χ3v) is 5.33. The maximum absolute atomic E-state index is 13.0. The fourth-order valence-corrected chi connectivity index (χ4v) is 3.46. The molecule has 1 fully saturated rings. The molecule has 2 heterocycles. The number of likely N-dealkylation sites (tertiary alicyclic amines) is 1. The molecule has 8 nitrogen and oxygen atoms in total. The number of carbonyl (C=O) groups is 2. The van der Waals surface area contributed by atoms with Crippen LogP contribution in [0.2, 0.25) is 0 Å². The number of anilines is 1. The molecule has 0 aliphatic carbocycles. The Morgan fingerprint density at radius 2 is 2.03 bits per heavy atom. The second-order valence-electron chi connectivity index (χ2n) is 7.64. The molecular weight excluding hydrogens is 401 g/mol. The minimum absolute atomic E-state index is 0.0596. The van der Waals surface area contributed by atoms with E-state index in [2.05, 4.69) is 15.3 Å². The van der Waals surface area contributed by atoms with Crippen molar-refractivity contribution in [3.05, 3.63) is 47.7 Å². The largest absolute Gasteiger partial charge is 0.484 e. The summed E-state index contributed by atoms with van der Waals surface area (Å²) in [6.45, 7) is 2.92. The summed E-state index contributed by atoms with van der Waals surface area (Å²) in [5.41, 5.74) is 0.850. The summed E-state index contributed by atoms with van der Waals surface area (Å²) in [5, 5.41) is 3.04. The number of nitrogens with zero attached hydrogens (tertiary/aromatic N) is 4. The molecule has 1 aromatic carbocycles. The van der Waals surface area contributed by atoms with Gasteiger partial charge in [0, 0.05) is 46.1 Å². The van der Waals surface area contributed by atoms with Crippen LogP contribution in [-0.4, -0.2) is 65.4 Å². The van der Waals surface area contributed by atoms with E-state index in [-0.39, 0.29) is 30.2 Å². The van der Waals surface area contributed by atoms with Crippen LogP contribution < -0.4 is 10.1 Å². The summed E-state index contributed by atoms with van der Waals surface area (Å²) in [7, 11) is 3.49. The van der Waals surface area contributed by atoms with E-state index in [0.717, 1.165) is 18.5 Å². The number of benzene rings is 1. The Morgan fingerprint density at radius 3 is 2.71 bits per heavy atom. The number of nitrogens with one attached hydrogen (secondary N) is 1. The molecular formula is C22H28FN5O3. The van der Waals surface area contributed by atoms with Crippen LogP contribution >= 0.6 is 0 Å². The lowest BCUT2D eigenvalue weighted by Crippen LogP contribution is -2.41. The van der Waals surface area contributed by atoms with E-state index >= 15 is 0 Å². The highest BCUT2D eigenvalue weighted by molar-refractivity contribution is 5.78. The van der Waals surface area contributed by atoms with Crippen molar-refractivity contribution in [1.82, 2.24) is 19.8 Å². The molecule has 0 radical (unpaired) electrons. The predicted octanol–water partition coefficient (Wildman–Crippen LogP) is 2.42. The van der Waals surface area contributed by atoms with E-state index in [1.54, 1.807) is 23.9 Å². The van der Waals surface area contributed by atoms with E-state index in [4.69, 9.17) is 4.74 Å². The molecule has 1 aliphatic heterocycles. The Morgan fingerprint density at radius 1 is 1.29 bits per heavy atom. The minimum Gasteiger partial charge on any atom is -0.484 e. The number of ether oxygens (including phenoxy) is 1. The smallest absolute Gasteiger partial charge is 0.260 e. The highest BCUT2D eigenvalue weighted by Crippen LogP contribution is 2.27. The summed E-state index contributed by atoms with van der Waals surface area (Å²) < 4.78 is 18.5. The van der Waals surface area contributed by atoms with E-state index in [9.17, 15) is 14.0 Å². The summed E-state index contributed by atoms with van der Waals surface area (Å²) >= 11 is 0. The molecule has 1 aliphatic rings. The molecule has 2 aromatic rings. The van der Waals surface area contributed by atoms with Crippen molar-refractivity contribution in [2.75, 3.05) is 39.1 Å². The summed E-state index contributed by atoms with van der Waals surface area (Å²) in [6, 6.07) is 7.49. The molecule has 166 valence electrons. The monoisotopic (exact) mass is 429 g/mol. The van der Waals surface area contributed by atoms with Crippen molar-refractivity contribution in [3.8, 4) is 5.75 Å². The molecule has 3 rings (SSSR count). The Kier molecular flexibility index (Phi) is 7.38. The zero-order valence-electron chi connectivity index (χ0n) is 18.1. The van der Waals surface area contributed by atoms with Gasteiger partial charge in [0.2, 0.25) is 5.91 Å². The number of hydrogen-bond acceptors (Lipinski definition) is 6. The Hall–Kier alpha value is -3.23. The molecule has 1 saturated heterocycles. The van der Waals surface area contributed by atoms with Gasteiger partial charge >= 0.3 is 0 Å². The SMILES string of the molecule is CNc1cc([C@H]2CCCN(C(=O)COc3ccc(F)cc3)C2)nc(CN(C)C(C)=O)n1. The third-order valence-electron chi connectivity index (χ3n) is 5.33. The molecule has 1 aromatic heterocycles. The second kappa shape index (κ2) is 10.2. The molecule has 9 heteroatoms. The van der Waals surface area contributed by atoms with Gasteiger partial charge in [0.15, 0.2) is 6.61 Å². The number of rotatable bonds is 7. The van der Waals surface area contributed by atoms with Crippen molar-refractivity contribution >= 4 is 17.6 Å². The molecule has 0 saturated carbocycles.